The number of rotatable bonds is 3. The SMILES string of the molecule is O=C1NCC(COC2CCNCC2)O1. The second-order valence-electron chi connectivity index (χ2n) is 3.69. The van der Waals surface area contributed by atoms with Crippen molar-refractivity contribution in [3.05, 3.63) is 0 Å². The number of alkyl carbamates (subject to hydrolysis) is 1. The summed E-state index contributed by atoms with van der Waals surface area (Å²) in [5, 5.41) is 5.88. The fourth-order valence-electron chi connectivity index (χ4n) is 1.73. The molecule has 0 aliphatic carbocycles. The zero-order valence-corrected chi connectivity index (χ0v) is 8.12. The number of hydrogen-bond acceptors (Lipinski definition) is 4. The first kappa shape index (κ1) is 9.73. The van der Waals surface area contributed by atoms with Crippen molar-refractivity contribution < 1.29 is 14.3 Å². The van der Waals surface area contributed by atoms with E-state index in [1.165, 1.54) is 0 Å². The first-order chi connectivity index (χ1) is 6.84. The quantitative estimate of drug-likeness (QED) is 0.666. The normalized spacial score (nSPS) is 28.6. The molecule has 0 aromatic rings. The molecule has 1 unspecified atom stereocenters. The number of carbonyl (C=O) groups is 1. The van der Waals surface area contributed by atoms with Gasteiger partial charge in [0.25, 0.3) is 0 Å². The van der Waals surface area contributed by atoms with Crippen LogP contribution in [0.3, 0.4) is 0 Å². The molecule has 1 amide bonds. The van der Waals surface area contributed by atoms with Crippen molar-refractivity contribution in [3.8, 4) is 0 Å². The van der Waals surface area contributed by atoms with Gasteiger partial charge in [-0.05, 0) is 25.9 Å². The molecule has 2 fully saturated rings. The Balaban J connectivity index is 1.63. The summed E-state index contributed by atoms with van der Waals surface area (Å²) in [6.07, 6.45) is 2.00. The van der Waals surface area contributed by atoms with Crippen LogP contribution in [0.2, 0.25) is 0 Å². The van der Waals surface area contributed by atoms with Gasteiger partial charge in [0.15, 0.2) is 0 Å². The van der Waals surface area contributed by atoms with Gasteiger partial charge in [-0.15, -0.1) is 0 Å². The molecule has 5 nitrogen and oxygen atoms in total. The van der Waals surface area contributed by atoms with E-state index in [1.807, 2.05) is 0 Å². The van der Waals surface area contributed by atoms with E-state index in [4.69, 9.17) is 9.47 Å². The summed E-state index contributed by atoms with van der Waals surface area (Å²) in [7, 11) is 0. The Labute approximate surface area is 83.1 Å². The predicted octanol–water partition coefficient (Wildman–Crippen LogP) is -0.137. The van der Waals surface area contributed by atoms with Crippen LogP contribution in [0.15, 0.2) is 0 Å². The van der Waals surface area contributed by atoms with Crippen molar-refractivity contribution in [2.24, 2.45) is 0 Å². The summed E-state index contributed by atoms with van der Waals surface area (Å²) in [5.41, 5.74) is 0. The summed E-state index contributed by atoms with van der Waals surface area (Å²) < 4.78 is 10.6. The molecule has 80 valence electrons. The molecule has 14 heavy (non-hydrogen) atoms. The third-order valence-corrected chi connectivity index (χ3v) is 2.55. The van der Waals surface area contributed by atoms with Gasteiger partial charge in [-0.3, -0.25) is 0 Å². The Kier molecular flexibility index (Phi) is 3.21. The summed E-state index contributed by atoms with van der Waals surface area (Å²) in [6.45, 7) is 3.13. The Morgan fingerprint density at radius 3 is 2.86 bits per heavy atom. The van der Waals surface area contributed by atoms with Gasteiger partial charge in [0.05, 0.1) is 19.3 Å². The monoisotopic (exact) mass is 200 g/mol. The Morgan fingerprint density at radius 1 is 1.43 bits per heavy atom. The topological polar surface area (TPSA) is 59.6 Å². The van der Waals surface area contributed by atoms with Gasteiger partial charge in [-0.1, -0.05) is 0 Å². The third kappa shape index (κ3) is 2.59. The minimum atomic E-state index is -0.330. The molecule has 2 aliphatic rings. The smallest absolute Gasteiger partial charge is 0.407 e. The maximum atomic E-state index is 10.7. The number of cyclic esters (lactones) is 1. The summed E-state index contributed by atoms with van der Waals surface area (Å²) in [5.74, 6) is 0. The standard InChI is InChI=1S/C9H16N2O3/c12-9-11-5-8(14-9)6-13-7-1-3-10-4-2-7/h7-8,10H,1-6H2,(H,11,12). The van der Waals surface area contributed by atoms with Crippen molar-refractivity contribution in [2.75, 3.05) is 26.2 Å². The highest BCUT2D eigenvalue weighted by atomic mass is 16.6. The van der Waals surface area contributed by atoms with E-state index in [-0.39, 0.29) is 12.2 Å². The highest BCUT2D eigenvalue weighted by Gasteiger charge is 2.24. The zero-order chi connectivity index (χ0) is 9.80. The molecule has 2 aliphatic heterocycles. The van der Waals surface area contributed by atoms with Crippen LogP contribution in [0.25, 0.3) is 0 Å². The lowest BCUT2D eigenvalue weighted by Gasteiger charge is -2.23. The van der Waals surface area contributed by atoms with Crippen LogP contribution in [0.4, 0.5) is 4.79 Å². The molecule has 1 atom stereocenters. The van der Waals surface area contributed by atoms with Crippen LogP contribution >= 0.6 is 0 Å². The molecular weight excluding hydrogens is 184 g/mol. The number of piperidine rings is 1. The Hall–Kier alpha value is -0.810. The molecule has 0 spiro atoms. The minimum Gasteiger partial charge on any atom is -0.442 e. The van der Waals surface area contributed by atoms with Crippen LogP contribution in [-0.2, 0) is 9.47 Å². The lowest BCUT2D eigenvalue weighted by molar-refractivity contribution is -0.0124. The van der Waals surface area contributed by atoms with E-state index in [0.717, 1.165) is 25.9 Å². The van der Waals surface area contributed by atoms with Crippen molar-refractivity contribution in [2.45, 2.75) is 25.0 Å². The number of nitrogens with one attached hydrogen (secondary N) is 2. The highest BCUT2D eigenvalue weighted by molar-refractivity contribution is 5.69. The molecule has 0 radical (unpaired) electrons. The molecule has 5 heteroatoms. The van der Waals surface area contributed by atoms with E-state index in [1.54, 1.807) is 0 Å². The molecular formula is C9H16N2O3. The average molecular weight is 200 g/mol. The summed E-state index contributed by atoms with van der Waals surface area (Å²) in [6, 6.07) is 0. The third-order valence-electron chi connectivity index (χ3n) is 2.55. The fraction of sp³-hybridized carbons (Fsp3) is 0.889. The number of hydrogen-bond donors (Lipinski definition) is 2. The molecule has 2 saturated heterocycles. The lowest BCUT2D eigenvalue weighted by atomic mass is 10.1. The summed E-state index contributed by atoms with van der Waals surface area (Å²) >= 11 is 0. The van der Waals surface area contributed by atoms with Gasteiger partial charge < -0.3 is 20.1 Å². The Bertz CT molecular complexity index is 204. The lowest BCUT2D eigenvalue weighted by Crippen LogP contribution is -2.34. The maximum Gasteiger partial charge on any atom is 0.407 e. The fourth-order valence-corrected chi connectivity index (χ4v) is 1.73. The van der Waals surface area contributed by atoms with Crippen LogP contribution in [0.5, 0.6) is 0 Å². The second-order valence-corrected chi connectivity index (χ2v) is 3.69. The van der Waals surface area contributed by atoms with Crippen molar-refractivity contribution in [1.82, 2.24) is 10.6 Å². The van der Waals surface area contributed by atoms with E-state index in [0.29, 0.717) is 19.3 Å². The van der Waals surface area contributed by atoms with Crippen LogP contribution in [-0.4, -0.2) is 44.5 Å². The minimum absolute atomic E-state index is 0.0996. The zero-order valence-electron chi connectivity index (χ0n) is 8.12. The first-order valence-corrected chi connectivity index (χ1v) is 5.11. The van der Waals surface area contributed by atoms with Gasteiger partial charge in [0.1, 0.15) is 6.10 Å². The number of ether oxygens (including phenoxy) is 2. The van der Waals surface area contributed by atoms with E-state index >= 15 is 0 Å². The molecule has 0 bridgehead atoms. The highest BCUT2D eigenvalue weighted by Crippen LogP contribution is 2.09. The van der Waals surface area contributed by atoms with E-state index < -0.39 is 0 Å². The van der Waals surface area contributed by atoms with E-state index in [2.05, 4.69) is 10.6 Å². The molecule has 0 aromatic heterocycles. The largest absolute Gasteiger partial charge is 0.442 e. The second kappa shape index (κ2) is 4.61. The average Bonchev–Trinajstić information content (AvgIpc) is 2.63. The van der Waals surface area contributed by atoms with Gasteiger partial charge in [-0.25, -0.2) is 4.79 Å². The molecule has 0 saturated carbocycles. The molecule has 2 heterocycles. The van der Waals surface area contributed by atoms with Gasteiger partial charge in [0, 0.05) is 0 Å². The predicted molar refractivity (Wildman–Crippen MR) is 50.1 cm³/mol. The number of amides is 1. The van der Waals surface area contributed by atoms with Crippen LogP contribution in [0.1, 0.15) is 12.8 Å². The van der Waals surface area contributed by atoms with E-state index in [9.17, 15) is 4.79 Å². The van der Waals surface area contributed by atoms with Crippen LogP contribution < -0.4 is 10.6 Å². The van der Waals surface area contributed by atoms with Crippen molar-refractivity contribution in [3.63, 3.8) is 0 Å². The summed E-state index contributed by atoms with van der Waals surface area (Å²) in [4.78, 5) is 10.7. The van der Waals surface area contributed by atoms with Gasteiger partial charge >= 0.3 is 6.09 Å². The van der Waals surface area contributed by atoms with Crippen molar-refractivity contribution >= 4 is 6.09 Å². The molecule has 0 aromatic carbocycles. The maximum absolute atomic E-state index is 10.7. The molecule has 2 rings (SSSR count). The van der Waals surface area contributed by atoms with Crippen molar-refractivity contribution in [1.29, 1.82) is 0 Å². The van der Waals surface area contributed by atoms with Gasteiger partial charge in [0.2, 0.25) is 0 Å². The Morgan fingerprint density at radius 2 is 2.21 bits per heavy atom. The van der Waals surface area contributed by atoms with Crippen LogP contribution in [0, 0.1) is 0 Å². The molecule has 2 N–H and O–H groups in total. The first-order valence-electron chi connectivity index (χ1n) is 5.11. The number of carbonyl (C=O) groups excluding carboxylic acids is 1. The van der Waals surface area contributed by atoms with Gasteiger partial charge in [-0.2, -0.15) is 0 Å².